The maximum absolute atomic E-state index is 2.50. The summed E-state index contributed by atoms with van der Waals surface area (Å²) in [5, 5.41) is 7.77. The van der Waals surface area contributed by atoms with E-state index in [1.54, 1.807) is 0 Å². The molecule has 0 aliphatic heterocycles. The van der Waals surface area contributed by atoms with Crippen LogP contribution in [0.2, 0.25) is 0 Å². The molecule has 0 unspecified atom stereocenters. The standard InChI is InChI=1S/C54H52/c1-33-11-19-37(20-12-33)47-43-29-27-41(53(5,6)7)31-45(43)50(40-25-17-36(4)18-26-40)52-48(38-21-13-34(2)14-22-38)44-30-28-42(54(8,9)10)32-46(44)49(51(47)52)39-23-15-35(3)16-24-39/h11-32H,1-10H3. The van der Waals surface area contributed by atoms with Crippen molar-refractivity contribution in [1.82, 2.24) is 0 Å². The van der Waals surface area contributed by atoms with Crippen molar-refractivity contribution < 1.29 is 0 Å². The van der Waals surface area contributed by atoms with Gasteiger partial charge in [0, 0.05) is 0 Å². The smallest absolute Gasteiger partial charge is 0.000139 e. The van der Waals surface area contributed by atoms with Crippen molar-refractivity contribution in [2.24, 2.45) is 0 Å². The summed E-state index contributed by atoms with van der Waals surface area (Å²) in [6.07, 6.45) is 0. The Bertz CT molecular complexity index is 2500. The lowest BCUT2D eigenvalue weighted by Gasteiger charge is -2.28. The fraction of sp³-hybridized carbons (Fsp3) is 0.222. The summed E-state index contributed by atoms with van der Waals surface area (Å²) in [5.41, 5.74) is 17.8. The third-order valence-electron chi connectivity index (χ3n) is 11.5. The van der Waals surface area contributed by atoms with Gasteiger partial charge in [0.15, 0.2) is 0 Å². The molecule has 0 atom stereocenters. The van der Waals surface area contributed by atoms with Crippen LogP contribution in [-0.4, -0.2) is 0 Å². The molecule has 0 fully saturated rings. The molecular formula is C54H52. The molecule has 0 nitrogen and oxygen atoms in total. The van der Waals surface area contributed by atoms with Crippen LogP contribution in [0.25, 0.3) is 76.8 Å². The van der Waals surface area contributed by atoms with E-state index >= 15 is 0 Å². The van der Waals surface area contributed by atoms with Crippen LogP contribution >= 0.6 is 0 Å². The van der Waals surface area contributed by atoms with E-state index in [-0.39, 0.29) is 10.8 Å². The minimum atomic E-state index is -0.0166. The van der Waals surface area contributed by atoms with Gasteiger partial charge in [0.05, 0.1) is 0 Å². The highest BCUT2D eigenvalue weighted by Crippen LogP contribution is 2.54. The van der Waals surface area contributed by atoms with Gasteiger partial charge in [-0.2, -0.15) is 0 Å². The molecule has 0 saturated carbocycles. The lowest BCUT2D eigenvalue weighted by Crippen LogP contribution is -2.11. The largest absolute Gasteiger partial charge is 0.0587 e. The van der Waals surface area contributed by atoms with E-state index in [9.17, 15) is 0 Å². The summed E-state index contributed by atoms with van der Waals surface area (Å²) in [6.45, 7) is 22.7. The third kappa shape index (κ3) is 6.22. The summed E-state index contributed by atoms with van der Waals surface area (Å²) < 4.78 is 0. The second kappa shape index (κ2) is 13.1. The molecule has 8 rings (SSSR count). The molecule has 0 amide bonds. The molecule has 0 N–H and O–H groups in total. The Morgan fingerprint density at radius 2 is 0.519 bits per heavy atom. The maximum Gasteiger partial charge on any atom is -0.000139 e. The summed E-state index contributed by atoms with van der Waals surface area (Å²) in [6, 6.07) is 51.5. The number of hydrogen-bond acceptors (Lipinski definition) is 0. The average molecular weight is 701 g/mol. The molecule has 0 heterocycles. The van der Waals surface area contributed by atoms with Gasteiger partial charge in [0.2, 0.25) is 0 Å². The first-order valence-corrected chi connectivity index (χ1v) is 19.5. The van der Waals surface area contributed by atoms with Crippen molar-refractivity contribution in [1.29, 1.82) is 0 Å². The number of rotatable bonds is 4. The van der Waals surface area contributed by atoms with Crippen LogP contribution < -0.4 is 0 Å². The zero-order chi connectivity index (χ0) is 38.1. The summed E-state index contributed by atoms with van der Waals surface area (Å²) >= 11 is 0. The SMILES string of the molecule is Cc1ccc(-c2c3ccc(C(C)(C)C)cc3c(-c3ccc(C)cc3)c3c(-c4ccc(C)cc4)c4ccc(C(C)(C)C)cc4c(-c4ccc(C)cc4)c23)cc1. The zero-order valence-electron chi connectivity index (χ0n) is 33.7. The molecular weight excluding hydrogens is 649 g/mol. The van der Waals surface area contributed by atoms with Crippen LogP contribution in [0, 0.1) is 27.7 Å². The zero-order valence-corrected chi connectivity index (χ0v) is 33.7. The summed E-state index contributed by atoms with van der Waals surface area (Å²) in [7, 11) is 0. The molecule has 0 spiro atoms. The lowest BCUT2D eigenvalue weighted by molar-refractivity contribution is 0.591. The topological polar surface area (TPSA) is 0 Å². The molecule has 0 aromatic heterocycles. The average Bonchev–Trinajstić information content (AvgIpc) is 3.13. The van der Waals surface area contributed by atoms with E-state index in [1.807, 2.05) is 0 Å². The molecule has 0 aliphatic rings. The highest BCUT2D eigenvalue weighted by atomic mass is 14.3. The molecule has 0 saturated heterocycles. The Kier molecular flexibility index (Phi) is 8.65. The Morgan fingerprint density at radius 3 is 0.759 bits per heavy atom. The lowest BCUT2D eigenvalue weighted by atomic mass is 9.75. The first kappa shape index (κ1) is 35.6. The monoisotopic (exact) mass is 700 g/mol. The summed E-state index contributed by atoms with van der Waals surface area (Å²) in [4.78, 5) is 0. The molecule has 268 valence electrons. The van der Waals surface area contributed by atoms with E-state index in [1.165, 1.54) is 110 Å². The first-order chi connectivity index (χ1) is 25.7. The Labute approximate surface area is 322 Å². The summed E-state index contributed by atoms with van der Waals surface area (Å²) in [5.74, 6) is 0. The highest BCUT2D eigenvalue weighted by Gasteiger charge is 2.28. The minimum absolute atomic E-state index is 0.0166. The van der Waals surface area contributed by atoms with E-state index in [2.05, 4.69) is 203 Å². The van der Waals surface area contributed by atoms with Crippen molar-refractivity contribution in [2.75, 3.05) is 0 Å². The van der Waals surface area contributed by atoms with Gasteiger partial charge in [-0.25, -0.2) is 0 Å². The second-order valence-corrected chi connectivity index (χ2v) is 17.7. The third-order valence-corrected chi connectivity index (χ3v) is 11.5. The minimum Gasteiger partial charge on any atom is -0.0587 e. The van der Waals surface area contributed by atoms with E-state index < -0.39 is 0 Å². The number of aryl methyl sites for hydroxylation is 4. The fourth-order valence-electron chi connectivity index (χ4n) is 8.24. The second-order valence-electron chi connectivity index (χ2n) is 17.7. The van der Waals surface area contributed by atoms with Crippen LogP contribution in [-0.2, 0) is 10.8 Å². The van der Waals surface area contributed by atoms with E-state index in [0.29, 0.717) is 0 Å². The van der Waals surface area contributed by atoms with Gasteiger partial charge in [-0.1, -0.05) is 185 Å². The molecule has 0 heteroatoms. The predicted octanol–water partition coefficient (Wildman–Crippen LogP) is 15.6. The Hall–Kier alpha value is -5.46. The van der Waals surface area contributed by atoms with Gasteiger partial charge < -0.3 is 0 Å². The quantitative estimate of drug-likeness (QED) is 0.160. The van der Waals surface area contributed by atoms with Crippen LogP contribution in [0.15, 0.2) is 133 Å². The molecule has 8 aromatic carbocycles. The normalized spacial score (nSPS) is 12.3. The van der Waals surface area contributed by atoms with Gasteiger partial charge in [0.25, 0.3) is 0 Å². The van der Waals surface area contributed by atoms with Crippen molar-refractivity contribution in [3.63, 3.8) is 0 Å². The fourth-order valence-corrected chi connectivity index (χ4v) is 8.24. The van der Waals surface area contributed by atoms with Gasteiger partial charge in [-0.15, -0.1) is 0 Å². The van der Waals surface area contributed by atoms with Crippen molar-refractivity contribution in [2.45, 2.75) is 80.1 Å². The van der Waals surface area contributed by atoms with Crippen LogP contribution in [0.3, 0.4) is 0 Å². The predicted molar refractivity (Wildman–Crippen MR) is 237 cm³/mol. The van der Waals surface area contributed by atoms with Gasteiger partial charge >= 0.3 is 0 Å². The van der Waals surface area contributed by atoms with Crippen molar-refractivity contribution in [3.8, 4) is 44.5 Å². The first-order valence-electron chi connectivity index (χ1n) is 19.5. The van der Waals surface area contributed by atoms with Crippen LogP contribution in [0.1, 0.15) is 74.9 Å². The molecule has 54 heavy (non-hydrogen) atoms. The van der Waals surface area contributed by atoms with Gasteiger partial charge in [-0.3, -0.25) is 0 Å². The number of hydrogen-bond donors (Lipinski definition) is 0. The molecule has 8 aromatic rings. The molecule has 0 bridgehead atoms. The van der Waals surface area contributed by atoms with E-state index in [0.717, 1.165) is 0 Å². The highest BCUT2D eigenvalue weighted by molar-refractivity contribution is 6.34. The maximum atomic E-state index is 2.50. The van der Waals surface area contributed by atoms with Crippen molar-refractivity contribution in [3.05, 3.63) is 167 Å². The molecule has 0 radical (unpaired) electrons. The molecule has 0 aliphatic carbocycles. The Balaban J connectivity index is 1.77. The Morgan fingerprint density at radius 1 is 0.278 bits per heavy atom. The van der Waals surface area contributed by atoms with Crippen LogP contribution in [0.4, 0.5) is 0 Å². The number of fused-ring (bicyclic) bond motifs is 3. The van der Waals surface area contributed by atoms with Crippen molar-refractivity contribution >= 4 is 32.3 Å². The van der Waals surface area contributed by atoms with Gasteiger partial charge in [-0.05, 0) is 139 Å². The van der Waals surface area contributed by atoms with Crippen LogP contribution in [0.5, 0.6) is 0 Å². The number of benzene rings is 8. The van der Waals surface area contributed by atoms with Gasteiger partial charge in [0.1, 0.15) is 0 Å². The van der Waals surface area contributed by atoms with E-state index in [4.69, 9.17) is 0 Å².